The highest BCUT2D eigenvalue weighted by Crippen LogP contribution is 2.31. The summed E-state index contributed by atoms with van der Waals surface area (Å²) in [6.07, 6.45) is 4.13. The minimum absolute atomic E-state index is 0.123. The molecule has 0 unspecified atom stereocenters. The van der Waals surface area contributed by atoms with Crippen molar-refractivity contribution in [2.24, 2.45) is 5.92 Å². The van der Waals surface area contributed by atoms with Gasteiger partial charge in [0.2, 0.25) is 10.0 Å². The molecule has 2 rings (SSSR count). The van der Waals surface area contributed by atoms with Crippen LogP contribution in [0.3, 0.4) is 0 Å². The van der Waals surface area contributed by atoms with Crippen molar-refractivity contribution in [1.29, 1.82) is 0 Å². The molecule has 1 aliphatic rings. The summed E-state index contributed by atoms with van der Waals surface area (Å²) in [4.78, 5) is 0.251. The fourth-order valence-corrected chi connectivity index (χ4v) is 4.97. The molecular weight excluding hydrogens is 284 g/mol. The second-order valence-corrected chi connectivity index (χ2v) is 8.31. The molecule has 0 amide bonds. The number of anilines is 1. The molecule has 5 heteroatoms. The molecule has 0 aliphatic heterocycles. The second kappa shape index (κ2) is 6.36. The first-order valence-corrected chi connectivity index (χ1v) is 9.14. The van der Waals surface area contributed by atoms with E-state index in [0.717, 1.165) is 31.2 Å². The fraction of sp³-hybridized carbons (Fsp3) is 0.625. The van der Waals surface area contributed by atoms with Crippen LogP contribution in [0.25, 0.3) is 0 Å². The molecule has 0 aromatic heterocycles. The zero-order chi connectivity index (χ0) is 15.6. The molecule has 0 atom stereocenters. The first-order chi connectivity index (χ1) is 9.82. The summed E-state index contributed by atoms with van der Waals surface area (Å²) in [7, 11) is -3.52. The molecule has 0 heterocycles. The highest BCUT2D eigenvalue weighted by Gasteiger charge is 2.34. The Balaban J connectivity index is 2.40. The van der Waals surface area contributed by atoms with E-state index < -0.39 is 10.0 Å². The molecule has 0 radical (unpaired) electrons. The maximum absolute atomic E-state index is 13.0. The van der Waals surface area contributed by atoms with Crippen LogP contribution in [-0.4, -0.2) is 25.3 Å². The van der Waals surface area contributed by atoms with Gasteiger partial charge in [0.1, 0.15) is 4.90 Å². The molecule has 1 aromatic carbocycles. The Hall–Kier alpha value is -1.07. The van der Waals surface area contributed by atoms with Gasteiger partial charge in [-0.3, -0.25) is 0 Å². The lowest BCUT2D eigenvalue weighted by molar-refractivity contribution is 0.292. The van der Waals surface area contributed by atoms with E-state index in [4.69, 9.17) is 5.73 Å². The Morgan fingerprint density at radius 2 is 1.90 bits per heavy atom. The molecule has 0 spiro atoms. The number of hydrogen-bond donors (Lipinski definition) is 1. The lowest BCUT2D eigenvalue weighted by atomic mass is 10.2. The van der Waals surface area contributed by atoms with Gasteiger partial charge in [0.25, 0.3) is 0 Å². The highest BCUT2D eigenvalue weighted by molar-refractivity contribution is 7.89. The van der Waals surface area contributed by atoms with Crippen LogP contribution in [0.15, 0.2) is 23.1 Å². The van der Waals surface area contributed by atoms with E-state index in [2.05, 4.69) is 13.8 Å². The van der Waals surface area contributed by atoms with Crippen molar-refractivity contribution in [2.45, 2.75) is 57.4 Å². The SMILES string of the molecule is Cc1ccc(S(=O)(=O)N(CC(C)C)C2CCCC2)c(N)c1. The van der Waals surface area contributed by atoms with Gasteiger partial charge in [0.05, 0.1) is 5.69 Å². The number of rotatable bonds is 5. The number of sulfonamides is 1. The molecule has 118 valence electrons. The van der Waals surface area contributed by atoms with Gasteiger partial charge in [-0.1, -0.05) is 32.8 Å². The van der Waals surface area contributed by atoms with Gasteiger partial charge in [-0.2, -0.15) is 4.31 Å². The van der Waals surface area contributed by atoms with Crippen molar-refractivity contribution in [2.75, 3.05) is 12.3 Å². The summed E-state index contributed by atoms with van der Waals surface area (Å²) in [5.74, 6) is 0.298. The maximum atomic E-state index is 13.0. The molecule has 4 nitrogen and oxygen atoms in total. The van der Waals surface area contributed by atoms with Crippen molar-refractivity contribution in [3.63, 3.8) is 0 Å². The minimum atomic E-state index is -3.52. The van der Waals surface area contributed by atoms with E-state index in [-0.39, 0.29) is 10.9 Å². The van der Waals surface area contributed by atoms with Crippen molar-refractivity contribution in [3.8, 4) is 0 Å². The number of nitrogens with zero attached hydrogens (tertiary/aromatic N) is 1. The van der Waals surface area contributed by atoms with Crippen molar-refractivity contribution >= 4 is 15.7 Å². The summed E-state index contributed by atoms with van der Waals surface area (Å²) in [5, 5.41) is 0. The first-order valence-electron chi connectivity index (χ1n) is 7.70. The van der Waals surface area contributed by atoms with Crippen molar-refractivity contribution in [3.05, 3.63) is 23.8 Å². The zero-order valence-electron chi connectivity index (χ0n) is 13.2. The number of nitrogen functional groups attached to an aromatic ring is 1. The predicted molar refractivity (Wildman–Crippen MR) is 86.6 cm³/mol. The van der Waals surface area contributed by atoms with Crippen LogP contribution in [0, 0.1) is 12.8 Å². The molecule has 0 saturated heterocycles. The predicted octanol–water partition coefficient (Wildman–Crippen LogP) is 3.17. The van der Waals surface area contributed by atoms with E-state index in [1.165, 1.54) is 0 Å². The van der Waals surface area contributed by atoms with E-state index in [9.17, 15) is 8.42 Å². The Morgan fingerprint density at radius 3 is 2.43 bits per heavy atom. The summed E-state index contributed by atoms with van der Waals surface area (Å²) in [6.45, 7) is 6.57. The molecule has 1 fully saturated rings. The van der Waals surface area contributed by atoms with E-state index in [1.54, 1.807) is 16.4 Å². The Kier molecular flexibility index (Phi) is 4.94. The molecule has 1 saturated carbocycles. The van der Waals surface area contributed by atoms with Crippen LogP contribution in [0.4, 0.5) is 5.69 Å². The maximum Gasteiger partial charge on any atom is 0.245 e. The average Bonchev–Trinajstić information content (AvgIpc) is 2.88. The quantitative estimate of drug-likeness (QED) is 0.850. The van der Waals surface area contributed by atoms with Gasteiger partial charge in [-0.25, -0.2) is 8.42 Å². The minimum Gasteiger partial charge on any atom is -0.398 e. The lowest BCUT2D eigenvalue weighted by Gasteiger charge is -2.30. The van der Waals surface area contributed by atoms with E-state index in [1.807, 2.05) is 13.0 Å². The first kappa shape index (κ1) is 16.3. The van der Waals surface area contributed by atoms with Crippen LogP contribution in [-0.2, 0) is 10.0 Å². The topological polar surface area (TPSA) is 63.4 Å². The van der Waals surface area contributed by atoms with Crippen LogP contribution >= 0.6 is 0 Å². The third kappa shape index (κ3) is 3.58. The Labute approximate surface area is 128 Å². The summed E-state index contributed by atoms with van der Waals surface area (Å²) >= 11 is 0. The van der Waals surface area contributed by atoms with E-state index in [0.29, 0.717) is 18.2 Å². The lowest BCUT2D eigenvalue weighted by Crippen LogP contribution is -2.41. The van der Waals surface area contributed by atoms with Gasteiger partial charge >= 0.3 is 0 Å². The van der Waals surface area contributed by atoms with Crippen molar-refractivity contribution in [1.82, 2.24) is 4.31 Å². The van der Waals surface area contributed by atoms with Gasteiger partial charge in [-0.15, -0.1) is 0 Å². The number of benzene rings is 1. The molecule has 21 heavy (non-hydrogen) atoms. The average molecular weight is 310 g/mol. The number of hydrogen-bond acceptors (Lipinski definition) is 3. The van der Waals surface area contributed by atoms with Crippen LogP contribution in [0.2, 0.25) is 0 Å². The molecular formula is C16H26N2O2S. The standard InChI is InChI=1S/C16H26N2O2S/c1-12(2)11-18(14-6-4-5-7-14)21(19,20)16-9-8-13(3)10-15(16)17/h8-10,12,14H,4-7,11,17H2,1-3H3. The van der Waals surface area contributed by atoms with Gasteiger partial charge in [0, 0.05) is 12.6 Å². The smallest absolute Gasteiger partial charge is 0.245 e. The summed E-state index contributed by atoms with van der Waals surface area (Å²) in [5.41, 5.74) is 7.29. The zero-order valence-corrected chi connectivity index (χ0v) is 14.0. The highest BCUT2D eigenvalue weighted by atomic mass is 32.2. The molecule has 2 N–H and O–H groups in total. The molecule has 1 aromatic rings. The third-order valence-electron chi connectivity index (χ3n) is 4.03. The monoisotopic (exact) mass is 310 g/mol. The van der Waals surface area contributed by atoms with E-state index >= 15 is 0 Å². The fourth-order valence-electron chi connectivity index (χ4n) is 3.02. The normalized spacial score (nSPS) is 17.0. The molecule has 1 aliphatic carbocycles. The van der Waals surface area contributed by atoms with Crippen LogP contribution in [0.5, 0.6) is 0 Å². The van der Waals surface area contributed by atoms with Gasteiger partial charge < -0.3 is 5.73 Å². The summed E-state index contributed by atoms with van der Waals surface area (Å²) in [6, 6.07) is 5.31. The van der Waals surface area contributed by atoms with Crippen LogP contribution < -0.4 is 5.73 Å². The van der Waals surface area contributed by atoms with Gasteiger partial charge in [-0.05, 0) is 43.4 Å². The van der Waals surface area contributed by atoms with Crippen molar-refractivity contribution < 1.29 is 8.42 Å². The number of aryl methyl sites for hydroxylation is 1. The third-order valence-corrected chi connectivity index (χ3v) is 6.02. The Morgan fingerprint density at radius 1 is 1.29 bits per heavy atom. The number of nitrogens with two attached hydrogens (primary N) is 1. The van der Waals surface area contributed by atoms with Gasteiger partial charge in [0.15, 0.2) is 0 Å². The summed E-state index contributed by atoms with van der Waals surface area (Å²) < 4.78 is 27.8. The largest absolute Gasteiger partial charge is 0.398 e. The molecule has 0 bridgehead atoms. The second-order valence-electron chi connectivity index (χ2n) is 6.45. The Bertz CT molecular complexity index is 590. The van der Waals surface area contributed by atoms with Crippen LogP contribution in [0.1, 0.15) is 45.1 Å².